The molecule has 1 heterocycles. The zero-order valence-corrected chi connectivity index (χ0v) is 7.23. The Labute approximate surface area is 70.7 Å². The molecule has 0 spiro atoms. The summed E-state index contributed by atoms with van der Waals surface area (Å²) in [7, 11) is 0. The predicted octanol–water partition coefficient (Wildman–Crippen LogP) is 1.45. The van der Waals surface area contributed by atoms with Crippen LogP contribution in [0.1, 0.15) is 19.3 Å². The zero-order valence-electron chi connectivity index (χ0n) is 6.41. The van der Waals surface area contributed by atoms with E-state index in [0.29, 0.717) is 18.1 Å². The Morgan fingerprint density at radius 1 is 1.55 bits per heavy atom. The highest BCUT2D eigenvalue weighted by Gasteiger charge is 2.32. The second kappa shape index (κ2) is 3.15. The van der Waals surface area contributed by atoms with Crippen LogP contribution >= 0.6 is 11.8 Å². The minimum Gasteiger partial charge on any atom is -0.366 e. The molecule has 0 amide bonds. The van der Waals surface area contributed by atoms with Crippen molar-refractivity contribution < 1.29 is 9.53 Å². The Morgan fingerprint density at radius 3 is 2.91 bits per heavy atom. The number of Topliss-reactive ketones (excluding diaryl/α,β-unsaturated/α-hetero) is 1. The van der Waals surface area contributed by atoms with E-state index < -0.39 is 0 Å². The molecule has 1 saturated heterocycles. The van der Waals surface area contributed by atoms with E-state index in [1.165, 1.54) is 0 Å². The lowest BCUT2D eigenvalue weighted by Crippen LogP contribution is -2.11. The van der Waals surface area contributed by atoms with Gasteiger partial charge in [0.15, 0.2) is 0 Å². The van der Waals surface area contributed by atoms with Crippen molar-refractivity contribution in [1.29, 1.82) is 0 Å². The van der Waals surface area contributed by atoms with E-state index in [1.54, 1.807) is 11.8 Å². The summed E-state index contributed by atoms with van der Waals surface area (Å²) in [4.78, 5) is 11.3. The van der Waals surface area contributed by atoms with Crippen LogP contribution in [0, 0.1) is 5.92 Å². The maximum Gasteiger partial charge on any atom is 0.139 e. The Bertz CT molecular complexity index is 159. The van der Waals surface area contributed by atoms with Crippen molar-refractivity contribution in [2.45, 2.75) is 24.7 Å². The van der Waals surface area contributed by atoms with Crippen LogP contribution in [0.3, 0.4) is 0 Å². The summed E-state index contributed by atoms with van der Waals surface area (Å²) in [6.07, 6.45) is 2.89. The first kappa shape index (κ1) is 7.62. The largest absolute Gasteiger partial charge is 0.366 e. The molecular formula is C8H12O2S. The van der Waals surface area contributed by atoms with Gasteiger partial charge in [0.25, 0.3) is 0 Å². The number of rotatable bonds is 3. The summed E-state index contributed by atoms with van der Waals surface area (Å²) >= 11 is 1.77. The van der Waals surface area contributed by atoms with Crippen LogP contribution in [-0.4, -0.2) is 23.6 Å². The number of hydrogen-bond acceptors (Lipinski definition) is 3. The first-order valence-corrected chi connectivity index (χ1v) is 5.17. The fourth-order valence-electron chi connectivity index (χ4n) is 1.26. The normalized spacial score (nSPS) is 30.7. The van der Waals surface area contributed by atoms with Crippen LogP contribution < -0.4 is 0 Å². The topological polar surface area (TPSA) is 26.3 Å². The van der Waals surface area contributed by atoms with Gasteiger partial charge in [0.1, 0.15) is 11.2 Å². The Hall–Kier alpha value is -0.0200. The maximum absolute atomic E-state index is 11.3. The monoisotopic (exact) mass is 172 g/mol. The SMILES string of the molecule is O=C(CC1OCCS1)C1CC1. The van der Waals surface area contributed by atoms with Crippen LogP contribution in [0.5, 0.6) is 0 Å². The van der Waals surface area contributed by atoms with Gasteiger partial charge in [-0.15, -0.1) is 11.8 Å². The highest BCUT2D eigenvalue weighted by atomic mass is 32.2. The van der Waals surface area contributed by atoms with Gasteiger partial charge in [-0.25, -0.2) is 0 Å². The third-order valence-corrected chi connectivity index (χ3v) is 3.17. The molecule has 0 aromatic rings. The van der Waals surface area contributed by atoms with Crippen LogP contribution in [0.15, 0.2) is 0 Å². The molecule has 1 aliphatic heterocycles. The van der Waals surface area contributed by atoms with E-state index in [9.17, 15) is 4.79 Å². The average molecular weight is 172 g/mol. The van der Waals surface area contributed by atoms with E-state index in [4.69, 9.17) is 4.74 Å². The molecule has 1 atom stereocenters. The number of carbonyl (C=O) groups excluding carboxylic acids is 1. The molecule has 0 aromatic carbocycles. The summed E-state index contributed by atoms with van der Waals surface area (Å²) in [6, 6.07) is 0. The standard InChI is InChI=1S/C8H12O2S/c9-7(6-1-2-6)5-8-10-3-4-11-8/h6,8H,1-5H2. The quantitative estimate of drug-likeness (QED) is 0.644. The van der Waals surface area contributed by atoms with Crippen LogP contribution in [0.25, 0.3) is 0 Å². The zero-order chi connectivity index (χ0) is 7.68. The van der Waals surface area contributed by atoms with E-state index in [1.807, 2.05) is 0 Å². The van der Waals surface area contributed by atoms with Crippen molar-refractivity contribution in [3.63, 3.8) is 0 Å². The predicted molar refractivity (Wildman–Crippen MR) is 44.5 cm³/mol. The van der Waals surface area contributed by atoms with E-state index >= 15 is 0 Å². The fraction of sp³-hybridized carbons (Fsp3) is 0.875. The average Bonchev–Trinajstić information content (AvgIpc) is 2.73. The molecule has 1 saturated carbocycles. The van der Waals surface area contributed by atoms with Crippen molar-refractivity contribution >= 4 is 17.5 Å². The van der Waals surface area contributed by atoms with Gasteiger partial charge in [0.05, 0.1) is 6.61 Å². The number of ketones is 1. The van der Waals surface area contributed by atoms with Gasteiger partial charge in [-0.05, 0) is 12.8 Å². The second-order valence-electron chi connectivity index (χ2n) is 3.12. The number of ether oxygens (including phenoxy) is 1. The molecule has 1 aliphatic carbocycles. The molecule has 0 aromatic heterocycles. The first-order chi connectivity index (χ1) is 5.36. The van der Waals surface area contributed by atoms with Crippen molar-refractivity contribution in [3.05, 3.63) is 0 Å². The lowest BCUT2D eigenvalue weighted by Gasteiger charge is -2.05. The molecule has 62 valence electrons. The molecule has 3 heteroatoms. The number of thioether (sulfide) groups is 1. The smallest absolute Gasteiger partial charge is 0.139 e. The van der Waals surface area contributed by atoms with Gasteiger partial charge in [-0.1, -0.05) is 0 Å². The Morgan fingerprint density at radius 2 is 2.36 bits per heavy atom. The van der Waals surface area contributed by atoms with Gasteiger partial charge in [-0.2, -0.15) is 0 Å². The summed E-state index contributed by atoms with van der Waals surface area (Å²) in [5.74, 6) is 1.88. The third kappa shape index (κ3) is 1.97. The Kier molecular flexibility index (Phi) is 2.18. The maximum atomic E-state index is 11.3. The molecule has 2 aliphatic rings. The minimum absolute atomic E-state index is 0.183. The molecule has 2 rings (SSSR count). The summed E-state index contributed by atoms with van der Waals surface area (Å²) < 4.78 is 5.34. The van der Waals surface area contributed by atoms with Gasteiger partial charge in [0, 0.05) is 18.1 Å². The van der Waals surface area contributed by atoms with Crippen molar-refractivity contribution in [2.24, 2.45) is 5.92 Å². The fourth-order valence-corrected chi connectivity index (χ4v) is 2.19. The minimum atomic E-state index is 0.183. The number of hydrogen-bond donors (Lipinski definition) is 0. The highest BCUT2D eigenvalue weighted by molar-refractivity contribution is 8.00. The van der Waals surface area contributed by atoms with Gasteiger partial charge in [0.2, 0.25) is 0 Å². The lowest BCUT2D eigenvalue weighted by atomic mass is 10.2. The summed E-state index contributed by atoms with van der Waals surface area (Å²) in [5.41, 5.74) is 0.183. The van der Waals surface area contributed by atoms with E-state index in [0.717, 1.165) is 25.2 Å². The van der Waals surface area contributed by atoms with Crippen LogP contribution in [-0.2, 0) is 9.53 Å². The van der Waals surface area contributed by atoms with Crippen LogP contribution in [0.4, 0.5) is 0 Å². The van der Waals surface area contributed by atoms with Crippen molar-refractivity contribution in [2.75, 3.05) is 12.4 Å². The molecule has 1 unspecified atom stereocenters. The van der Waals surface area contributed by atoms with Crippen molar-refractivity contribution in [3.8, 4) is 0 Å². The first-order valence-electron chi connectivity index (χ1n) is 4.12. The van der Waals surface area contributed by atoms with Crippen molar-refractivity contribution in [1.82, 2.24) is 0 Å². The van der Waals surface area contributed by atoms with E-state index in [2.05, 4.69) is 0 Å². The molecule has 11 heavy (non-hydrogen) atoms. The van der Waals surface area contributed by atoms with E-state index in [-0.39, 0.29) is 5.44 Å². The summed E-state index contributed by atoms with van der Waals surface area (Å²) in [6.45, 7) is 0.827. The molecule has 2 fully saturated rings. The summed E-state index contributed by atoms with van der Waals surface area (Å²) in [5, 5.41) is 0. The second-order valence-corrected chi connectivity index (χ2v) is 4.38. The Balaban J connectivity index is 1.74. The molecule has 0 bridgehead atoms. The molecule has 0 radical (unpaired) electrons. The van der Waals surface area contributed by atoms with Gasteiger partial charge in [-0.3, -0.25) is 4.79 Å². The lowest BCUT2D eigenvalue weighted by molar-refractivity contribution is -0.121. The number of carbonyl (C=O) groups is 1. The molecule has 0 N–H and O–H groups in total. The molecular weight excluding hydrogens is 160 g/mol. The third-order valence-electron chi connectivity index (χ3n) is 2.09. The van der Waals surface area contributed by atoms with Gasteiger partial charge < -0.3 is 4.74 Å². The highest BCUT2D eigenvalue weighted by Crippen LogP contribution is 2.33. The van der Waals surface area contributed by atoms with Crippen LogP contribution in [0.2, 0.25) is 0 Å². The van der Waals surface area contributed by atoms with Gasteiger partial charge >= 0.3 is 0 Å². The molecule has 2 nitrogen and oxygen atoms in total.